The van der Waals surface area contributed by atoms with Gasteiger partial charge in [-0.1, -0.05) is 18.3 Å². The van der Waals surface area contributed by atoms with Crippen LogP contribution in [0.25, 0.3) is 0 Å². The van der Waals surface area contributed by atoms with Gasteiger partial charge in [0.25, 0.3) is 5.91 Å². The predicted octanol–water partition coefficient (Wildman–Crippen LogP) is 2.79. The van der Waals surface area contributed by atoms with Gasteiger partial charge in [0, 0.05) is 6.07 Å². The lowest BCUT2D eigenvalue weighted by atomic mass is 10.1. The number of benzene rings is 1. The van der Waals surface area contributed by atoms with Crippen LogP contribution in [0.3, 0.4) is 0 Å². The number of hydrogen-bond donors (Lipinski definition) is 1. The van der Waals surface area contributed by atoms with Crippen molar-refractivity contribution >= 4 is 23.1 Å². The second-order valence-electron chi connectivity index (χ2n) is 4.62. The molecule has 0 atom stereocenters. The van der Waals surface area contributed by atoms with Crippen molar-refractivity contribution in [2.75, 3.05) is 12.4 Å². The number of aromatic nitrogens is 2. The molecule has 0 spiro atoms. The summed E-state index contributed by atoms with van der Waals surface area (Å²) in [6, 6.07) is 6.85. The van der Waals surface area contributed by atoms with Crippen molar-refractivity contribution in [1.29, 1.82) is 5.26 Å². The molecule has 0 aliphatic rings. The molecule has 2 aromatic rings. The highest BCUT2D eigenvalue weighted by atomic mass is 32.1. The molecular weight excluding hydrogens is 288 g/mol. The zero-order valence-electron chi connectivity index (χ0n) is 11.9. The molecule has 7 heteroatoms. The predicted molar refractivity (Wildman–Crippen MR) is 79.7 cm³/mol. The van der Waals surface area contributed by atoms with Crippen LogP contribution in [0, 0.1) is 11.3 Å². The number of amides is 1. The Hall–Kier alpha value is -2.46. The molecule has 1 aromatic heterocycles. The third-order valence-corrected chi connectivity index (χ3v) is 3.59. The van der Waals surface area contributed by atoms with E-state index in [0.717, 1.165) is 11.5 Å². The van der Waals surface area contributed by atoms with Crippen molar-refractivity contribution < 1.29 is 9.53 Å². The molecule has 0 unspecified atom stereocenters. The van der Waals surface area contributed by atoms with Crippen LogP contribution in [-0.2, 0) is 0 Å². The second kappa shape index (κ2) is 6.33. The van der Waals surface area contributed by atoms with Crippen LogP contribution in [0.5, 0.6) is 5.75 Å². The summed E-state index contributed by atoms with van der Waals surface area (Å²) in [6.45, 7) is 3.91. The minimum absolute atomic E-state index is 0.118. The van der Waals surface area contributed by atoms with Gasteiger partial charge in [0.2, 0.25) is 0 Å². The summed E-state index contributed by atoms with van der Waals surface area (Å²) in [5.74, 6) is 0.273. The largest absolute Gasteiger partial charge is 0.495 e. The summed E-state index contributed by atoms with van der Waals surface area (Å²) < 4.78 is 9.02. The zero-order chi connectivity index (χ0) is 15.4. The van der Waals surface area contributed by atoms with E-state index in [1.54, 1.807) is 18.2 Å². The normalized spacial score (nSPS) is 10.2. The summed E-state index contributed by atoms with van der Waals surface area (Å²) in [7, 11) is 1.49. The Balaban J connectivity index is 2.28. The number of nitrogens with one attached hydrogen (secondary N) is 1. The molecule has 0 aliphatic heterocycles. The van der Waals surface area contributed by atoms with Crippen molar-refractivity contribution in [2.24, 2.45) is 0 Å². The van der Waals surface area contributed by atoms with E-state index in [2.05, 4.69) is 14.9 Å². The van der Waals surface area contributed by atoms with Gasteiger partial charge in [0.05, 0.1) is 30.1 Å². The van der Waals surface area contributed by atoms with Gasteiger partial charge in [-0.3, -0.25) is 4.79 Å². The third-order valence-electron chi connectivity index (χ3n) is 2.85. The van der Waals surface area contributed by atoms with Crippen molar-refractivity contribution in [3.63, 3.8) is 0 Å². The van der Waals surface area contributed by atoms with E-state index in [4.69, 9.17) is 10.00 Å². The van der Waals surface area contributed by atoms with Gasteiger partial charge >= 0.3 is 0 Å². The Morgan fingerprint density at radius 2 is 2.24 bits per heavy atom. The summed E-state index contributed by atoms with van der Waals surface area (Å²) in [5.41, 5.74) is 1.64. The first-order valence-corrected chi connectivity index (χ1v) is 7.06. The highest BCUT2D eigenvalue weighted by Crippen LogP contribution is 2.27. The van der Waals surface area contributed by atoms with Crippen LogP contribution in [0.15, 0.2) is 18.2 Å². The molecule has 0 saturated carbocycles. The molecule has 108 valence electrons. The molecule has 6 nitrogen and oxygen atoms in total. The van der Waals surface area contributed by atoms with Crippen LogP contribution in [-0.4, -0.2) is 22.6 Å². The first-order chi connectivity index (χ1) is 10.1. The van der Waals surface area contributed by atoms with E-state index in [1.807, 2.05) is 19.9 Å². The summed E-state index contributed by atoms with van der Waals surface area (Å²) >= 11 is 1.06. The summed E-state index contributed by atoms with van der Waals surface area (Å²) in [6.07, 6.45) is 0. The first-order valence-electron chi connectivity index (χ1n) is 6.28. The molecular formula is C14H14N4O2S. The maximum Gasteiger partial charge on any atom is 0.269 e. The Morgan fingerprint density at radius 3 is 2.86 bits per heavy atom. The number of methoxy groups -OCH3 is 1. The Kier molecular flexibility index (Phi) is 4.50. The molecule has 0 fully saturated rings. The van der Waals surface area contributed by atoms with E-state index < -0.39 is 0 Å². The highest BCUT2D eigenvalue weighted by molar-refractivity contribution is 7.08. The number of nitrogens with zero attached hydrogens (tertiary/aromatic N) is 3. The van der Waals surface area contributed by atoms with E-state index >= 15 is 0 Å². The van der Waals surface area contributed by atoms with E-state index in [1.165, 1.54) is 7.11 Å². The van der Waals surface area contributed by atoms with Crippen molar-refractivity contribution in [3.8, 4) is 11.8 Å². The Labute approximate surface area is 126 Å². The molecule has 1 N–H and O–H groups in total. The minimum atomic E-state index is -0.281. The topological polar surface area (TPSA) is 87.9 Å². The molecule has 1 heterocycles. The molecule has 0 saturated heterocycles. The number of carbonyl (C=O) groups is 1. The monoisotopic (exact) mass is 302 g/mol. The maximum atomic E-state index is 12.3. The molecule has 2 rings (SSSR count). The number of anilines is 1. The van der Waals surface area contributed by atoms with Gasteiger partial charge in [0.15, 0.2) is 0 Å². The fourth-order valence-electron chi connectivity index (χ4n) is 1.78. The van der Waals surface area contributed by atoms with E-state index in [9.17, 15) is 4.79 Å². The summed E-state index contributed by atoms with van der Waals surface area (Å²) in [5, 5.41) is 15.6. The minimum Gasteiger partial charge on any atom is -0.495 e. The molecule has 0 bridgehead atoms. The average molecular weight is 302 g/mol. The first kappa shape index (κ1) is 14.9. The number of ether oxygens (including phenoxy) is 1. The van der Waals surface area contributed by atoms with Crippen LogP contribution in [0.4, 0.5) is 5.69 Å². The van der Waals surface area contributed by atoms with Gasteiger partial charge in [-0.2, -0.15) is 5.26 Å². The van der Waals surface area contributed by atoms with Gasteiger partial charge in [0.1, 0.15) is 10.6 Å². The molecule has 0 aliphatic carbocycles. The van der Waals surface area contributed by atoms with Crippen molar-refractivity contribution in [2.45, 2.75) is 19.8 Å². The van der Waals surface area contributed by atoms with Gasteiger partial charge in [-0.15, -0.1) is 5.10 Å². The average Bonchev–Trinajstić information content (AvgIpc) is 2.97. The molecule has 1 aromatic carbocycles. The van der Waals surface area contributed by atoms with Crippen LogP contribution >= 0.6 is 11.5 Å². The zero-order valence-corrected chi connectivity index (χ0v) is 12.7. The second-order valence-corrected chi connectivity index (χ2v) is 5.38. The van der Waals surface area contributed by atoms with E-state index in [-0.39, 0.29) is 11.8 Å². The maximum absolute atomic E-state index is 12.3. The number of carbonyl (C=O) groups excluding carboxylic acids is 1. The van der Waals surface area contributed by atoms with Crippen LogP contribution in [0.2, 0.25) is 0 Å². The molecule has 21 heavy (non-hydrogen) atoms. The number of rotatable bonds is 4. The quantitative estimate of drug-likeness (QED) is 0.938. The lowest BCUT2D eigenvalue weighted by molar-refractivity contribution is 0.102. The van der Waals surface area contributed by atoms with Crippen LogP contribution in [0.1, 0.15) is 40.7 Å². The van der Waals surface area contributed by atoms with Crippen molar-refractivity contribution in [3.05, 3.63) is 34.3 Å². The Bertz CT molecular complexity index is 703. The third kappa shape index (κ3) is 3.17. The SMILES string of the molecule is COc1cc(C#N)ccc1NC(=O)c1snnc1C(C)C. The fourth-order valence-corrected chi connectivity index (χ4v) is 2.49. The van der Waals surface area contributed by atoms with Crippen LogP contribution < -0.4 is 10.1 Å². The summed E-state index contributed by atoms with van der Waals surface area (Å²) in [4.78, 5) is 12.8. The molecule has 0 radical (unpaired) electrons. The lowest BCUT2D eigenvalue weighted by Gasteiger charge is -2.10. The highest BCUT2D eigenvalue weighted by Gasteiger charge is 2.19. The number of nitriles is 1. The number of hydrogen-bond acceptors (Lipinski definition) is 6. The Morgan fingerprint density at radius 1 is 1.48 bits per heavy atom. The van der Waals surface area contributed by atoms with E-state index in [0.29, 0.717) is 27.6 Å². The fraction of sp³-hybridized carbons (Fsp3) is 0.286. The van der Waals surface area contributed by atoms with Crippen molar-refractivity contribution in [1.82, 2.24) is 9.59 Å². The van der Waals surface area contributed by atoms with Gasteiger partial charge < -0.3 is 10.1 Å². The molecule has 1 amide bonds. The van der Waals surface area contributed by atoms with Gasteiger partial charge in [-0.05, 0) is 29.6 Å². The lowest BCUT2D eigenvalue weighted by Crippen LogP contribution is -2.13. The van der Waals surface area contributed by atoms with Gasteiger partial charge in [-0.25, -0.2) is 0 Å². The smallest absolute Gasteiger partial charge is 0.269 e. The standard InChI is InChI=1S/C14H14N4O2S/c1-8(2)12-13(21-18-17-12)14(19)16-10-5-4-9(7-15)6-11(10)20-3/h4-6,8H,1-3H3,(H,16,19).